The molecule has 4 N–H and O–H groups in total. The topological polar surface area (TPSA) is 86.5 Å². The molecule has 0 saturated heterocycles. The zero-order chi connectivity index (χ0) is 16.7. The third-order valence-corrected chi connectivity index (χ3v) is 4.50. The first-order valence-electron chi connectivity index (χ1n) is 7.39. The number of nitrogen functional groups attached to an aromatic ring is 2. The van der Waals surface area contributed by atoms with Crippen molar-refractivity contribution >= 4 is 29.3 Å². The van der Waals surface area contributed by atoms with Crippen molar-refractivity contribution in [2.24, 2.45) is 10.9 Å². The zero-order valence-electron chi connectivity index (χ0n) is 13.3. The number of pyridine rings is 1. The van der Waals surface area contributed by atoms with E-state index in [1.54, 1.807) is 13.1 Å². The number of hydrogen-bond acceptors (Lipinski definition) is 5. The van der Waals surface area contributed by atoms with E-state index in [1.807, 2.05) is 25.3 Å². The van der Waals surface area contributed by atoms with Crippen LogP contribution in [0.2, 0.25) is 5.02 Å². The lowest BCUT2D eigenvalue weighted by Crippen LogP contribution is -2.21. The van der Waals surface area contributed by atoms with Crippen molar-refractivity contribution in [3.05, 3.63) is 39.9 Å². The van der Waals surface area contributed by atoms with Crippen LogP contribution in [-0.2, 0) is 0 Å². The summed E-state index contributed by atoms with van der Waals surface area (Å²) in [4.78, 5) is 8.55. The summed E-state index contributed by atoms with van der Waals surface area (Å²) in [6.07, 6.45) is 1.90. The summed E-state index contributed by atoms with van der Waals surface area (Å²) in [6, 6.07) is 5.55. The summed E-state index contributed by atoms with van der Waals surface area (Å²) in [6.45, 7) is 3.95. The normalized spacial score (nSPS) is 17.5. The molecule has 1 aromatic heterocycles. The third kappa shape index (κ3) is 2.51. The summed E-state index contributed by atoms with van der Waals surface area (Å²) in [5.41, 5.74) is 15.5. The second-order valence-electron chi connectivity index (χ2n) is 5.78. The van der Waals surface area contributed by atoms with Crippen molar-refractivity contribution in [1.82, 2.24) is 4.98 Å². The number of aliphatic imine (C=N–C) groups is 1. The summed E-state index contributed by atoms with van der Waals surface area (Å²) in [5, 5.41) is 0.653. The number of ether oxygens (including phenoxy) is 1. The van der Waals surface area contributed by atoms with E-state index >= 15 is 0 Å². The van der Waals surface area contributed by atoms with Crippen molar-refractivity contribution in [3.63, 3.8) is 0 Å². The fourth-order valence-corrected chi connectivity index (χ4v) is 3.25. The van der Waals surface area contributed by atoms with E-state index in [0.29, 0.717) is 22.4 Å². The minimum atomic E-state index is -0.0389. The summed E-state index contributed by atoms with van der Waals surface area (Å²) in [7, 11) is 1.76. The van der Waals surface area contributed by atoms with Gasteiger partial charge in [-0.3, -0.25) is 0 Å². The van der Waals surface area contributed by atoms with Gasteiger partial charge in [0.25, 0.3) is 0 Å². The minimum Gasteiger partial charge on any atom is -0.438 e. The lowest BCUT2D eigenvalue weighted by molar-refractivity contribution is 0.418. The quantitative estimate of drug-likeness (QED) is 0.820. The average molecular weight is 331 g/mol. The smallest absolute Gasteiger partial charge is 0.227 e. The standard InChI is InChI=1S/C17H19ClN4O/c1-8(7-21-3)13-11-6-10(18)4-5-12(11)23-17-14(13)15(19)9(2)16(20)22-17/h4-8,13H,1-3H3,(H4,19,20,22). The van der Waals surface area contributed by atoms with E-state index in [0.717, 1.165) is 22.4 Å². The Morgan fingerprint density at radius 3 is 2.83 bits per heavy atom. The molecule has 0 fully saturated rings. The molecule has 2 aromatic rings. The van der Waals surface area contributed by atoms with Crippen LogP contribution in [0.4, 0.5) is 11.5 Å². The monoisotopic (exact) mass is 330 g/mol. The predicted molar refractivity (Wildman–Crippen MR) is 94.7 cm³/mol. The first-order chi connectivity index (χ1) is 10.9. The molecular formula is C17H19ClN4O. The van der Waals surface area contributed by atoms with Crippen molar-refractivity contribution < 1.29 is 4.74 Å². The Morgan fingerprint density at radius 1 is 1.39 bits per heavy atom. The van der Waals surface area contributed by atoms with Crippen LogP contribution in [0.1, 0.15) is 29.5 Å². The number of fused-ring (bicyclic) bond motifs is 2. The van der Waals surface area contributed by atoms with Crippen LogP contribution in [0.5, 0.6) is 11.6 Å². The highest BCUT2D eigenvalue weighted by molar-refractivity contribution is 6.30. The van der Waals surface area contributed by atoms with Gasteiger partial charge in [-0.1, -0.05) is 18.5 Å². The molecule has 2 atom stereocenters. The van der Waals surface area contributed by atoms with Crippen LogP contribution < -0.4 is 16.2 Å². The van der Waals surface area contributed by atoms with E-state index in [2.05, 4.69) is 16.9 Å². The summed E-state index contributed by atoms with van der Waals surface area (Å²) < 4.78 is 5.93. The molecule has 1 aromatic carbocycles. The van der Waals surface area contributed by atoms with Gasteiger partial charge in [-0.05, 0) is 25.1 Å². The van der Waals surface area contributed by atoms with Gasteiger partial charge in [0.05, 0.1) is 0 Å². The lowest BCUT2D eigenvalue weighted by Gasteiger charge is -2.32. The van der Waals surface area contributed by atoms with Crippen molar-refractivity contribution in [1.29, 1.82) is 0 Å². The highest BCUT2D eigenvalue weighted by Crippen LogP contribution is 2.50. The maximum atomic E-state index is 6.35. The highest BCUT2D eigenvalue weighted by Gasteiger charge is 2.34. The molecule has 0 bridgehead atoms. The molecule has 5 nitrogen and oxygen atoms in total. The van der Waals surface area contributed by atoms with E-state index < -0.39 is 0 Å². The van der Waals surface area contributed by atoms with Gasteiger partial charge >= 0.3 is 0 Å². The fraction of sp³-hybridized carbons (Fsp3) is 0.294. The maximum Gasteiger partial charge on any atom is 0.227 e. The van der Waals surface area contributed by atoms with Crippen LogP contribution in [0.3, 0.4) is 0 Å². The largest absolute Gasteiger partial charge is 0.438 e. The van der Waals surface area contributed by atoms with Gasteiger partial charge in [0.1, 0.15) is 11.6 Å². The molecule has 1 aliphatic rings. The highest BCUT2D eigenvalue weighted by atomic mass is 35.5. The second kappa shape index (κ2) is 5.74. The Bertz CT molecular complexity index is 804. The van der Waals surface area contributed by atoms with Crippen LogP contribution >= 0.6 is 11.6 Å². The predicted octanol–water partition coefficient (Wildman–Crippen LogP) is 3.78. The van der Waals surface area contributed by atoms with E-state index in [9.17, 15) is 0 Å². The Hall–Kier alpha value is -2.27. The third-order valence-electron chi connectivity index (χ3n) is 4.27. The van der Waals surface area contributed by atoms with Crippen LogP contribution in [0.25, 0.3) is 0 Å². The van der Waals surface area contributed by atoms with Crippen LogP contribution in [-0.4, -0.2) is 18.2 Å². The van der Waals surface area contributed by atoms with E-state index in [-0.39, 0.29) is 11.8 Å². The minimum absolute atomic E-state index is 0.0389. The Labute approximate surface area is 140 Å². The molecular weight excluding hydrogens is 312 g/mol. The van der Waals surface area contributed by atoms with Gasteiger partial charge in [-0.25, -0.2) is 0 Å². The van der Waals surface area contributed by atoms with Gasteiger partial charge in [0, 0.05) is 52.5 Å². The molecule has 0 spiro atoms. The Kier molecular flexibility index (Phi) is 3.90. The maximum absolute atomic E-state index is 6.35. The first kappa shape index (κ1) is 15.6. The number of aromatic nitrogens is 1. The molecule has 6 heteroatoms. The molecule has 2 unspecified atom stereocenters. The van der Waals surface area contributed by atoms with Gasteiger partial charge in [0.15, 0.2) is 0 Å². The summed E-state index contributed by atoms with van der Waals surface area (Å²) in [5.74, 6) is 1.63. The number of benzene rings is 1. The summed E-state index contributed by atoms with van der Waals surface area (Å²) >= 11 is 6.19. The number of nitrogens with two attached hydrogens (primary N) is 2. The molecule has 1 aliphatic heterocycles. The van der Waals surface area contributed by atoms with Gasteiger partial charge in [0.2, 0.25) is 5.88 Å². The zero-order valence-corrected chi connectivity index (χ0v) is 14.1. The molecule has 0 saturated carbocycles. The molecule has 2 heterocycles. The molecule has 120 valence electrons. The molecule has 0 amide bonds. The Balaban J connectivity index is 2.29. The fourth-order valence-electron chi connectivity index (χ4n) is 3.07. The van der Waals surface area contributed by atoms with Crippen LogP contribution in [0.15, 0.2) is 23.2 Å². The second-order valence-corrected chi connectivity index (χ2v) is 6.22. The Morgan fingerprint density at radius 2 is 2.13 bits per heavy atom. The molecule has 23 heavy (non-hydrogen) atoms. The van der Waals surface area contributed by atoms with E-state index in [4.69, 9.17) is 27.8 Å². The SMILES string of the molecule is CN=CC(C)C1c2cc(Cl)ccc2Oc2nc(N)c(C)c(N)c21. The average Bonchev–Trinajstić information content (AvgIpc) is 2.51. The van der Waals surface area contributed by atoms with Gasteiger partial charge < -0.3 is 21.2 Å². The number of nitrogens with zero attached hydrogens (tertiary/aromatic N) is 2. The van der Waals surface area contributed by atoms with Crippen molar-refractivity contribution in [2.75, 3.05) is 18.5 Å². The van der Waals surface area contributed by atoms with Crippen molar-refractivity contribution in [3.8, 4) is 11.6 Å². The molecule has 0 aliphatic carbocycles. The number of hydrogen-bond donors (Lipinski definition) is 2. The number of rotatable bonds is 2. The molecule has 3 rings (SSSR count). The number of halogens is 1. The van der Waals surface area contributed by atoms with Gasteiger partial charge in [-0.2, -0.15) is 4.98 Å². The first-order valence-corrected chi connectivity index (χ1v) is 7.76. The number of anilines is 2. The van der Waals surface area contributed by atoms with Crippen molar-refractivity contribution in [2.45, 2.75) is 19.8 Å². The molecule has 0 radical (unpaired) electrons. The van der Waals surface area contributed by atoms with E-state index in [1.165, 1.54) is 0 Å². The van der Waals surface area contributed by atoms with Crippen LogP contribution in [0, 0.1) is 12.8 Å². The lowest BCUT2D eigenvalue weighted by atomic mass is 9.79. The van der Waals surface area contributed by atoms with Gasteiger partial charge in [-0.15, -0.1) is 0 Å².